The molecule has 31 heavy (non-hydrogen) atoms. The van der Waals surface area contributed by atoms with E-state index in [0.717, 1.165) is 28.2 Å². The molecule has 0 saturated carbocycles. The summed E-state index contributed by atoms with van der Waals surface area (Å²) in [4.78, 5) is 0. The molecule has 0 radical (unpaired) electrons. The number of ether oxygens (including phenoxy) is 2. The number of hydrogen-bond acceptors (Lipinski definition) is 2. The average molecular weight is 417 g/mol. The van der Waals surface area contributed by atoms with Gasteiger partial charge in [-0.05, 0) is 64.9 Å². The molecule has 3 heteroatoms. The molecule has 3 nitrogen and oxygen atoms in total. The molecule has 0 unspecified atom stereocenters. The van der Waals surface area contributed by atoms with E-state index in [1.165, 1.54) is 22.4 Å². The minimum atomic E-state index is 0.116. The molecule has 0 aliphatic rings. The molecule has 0 saturated heterocycles. The monoisotopic (exact) mass is 416 g/mol. The molecule has 0 fully saturated rings. The van der Waals surface area contributed by atoms with Crippen molar-refractivity contribution < 1.29 is 14.8 Å². The molecular formula is C28H34NO2+. The lowest BCUT2D eigenvalue weighted by atomic mass is 9.86. The van der Waals surface area contributed by atoms with Crippen LogP contribution in [0.5, 0.6) is 11.5 Å². The number of allylic oxidation sites excluding steroid dienone is 1. The van der Waals surface area contributed by atoms with Crippen molar-refractivity contribution in [2.24, 2.45) is 0 Å². The lowest BCUT2D eigenvalue weighted by Crippen LogP contribution is -2.73. The standard InChI is InChI=1S/C28H33NO2/c1-19(16-21-10-8-9-11-25(21)29-5)22-17-24(27(31-7)26(18-22)30-6)20-12-14-23(15-13-20)28(2,3)4/h8-18,29H,1-7H3/p+1/b19-16+. The van der Waals surface area contributed by atoms with Crippen LogP contribution in [0.25, 0.3) is 22.8 Å². The number of rotatable bonds is 6. The van der Waals surface area contributed by atoms with Crippen LogP contribution in [0.2, 0.25) is 0 Å². The molecule has 0 aromatic heterocycles. The molecular weight excluding hydrogens is 382 g/mol. The van der Waals surface area contributed by atoms with Gasteiger partial charge >= 0.3 is 0 Å². The Morgan fingerprint density at radius 1 is 0.903 bits per heavy atom. The first-order valence-corrected chi connectivity index (χ1v) is 10.7. The highest BCUT2D eigenvalue weighted by molar-refractivity contribution is 5.87. The molecule has 0 bridgehead atoms. The molecule has 3 rings (SSSR count). The lowest BCUT2D eigenvalue weighted by Gasteiger charge is -2.20. The second kappa shape index (κ2) is 9.40. The number of hydrogen-bond donors (Lipinski definition) is 1. The van der Waals surface area contributed by atoms with Crippen LogP contribution in [0, 0.1) is 0 Å². The van der Waals surface area contributed by atoms with Crippen molar-refractivity contribution in [3.63, 3.8) is 0 Å². The van der Waals surface area contributed by atoms with E-state index >= 15 is 0 Å². The van der Waals surface area contributed by atoms with Gasteiger partial charge in [-0.2, -0.15) is 0 Å². The molecule has 0 amide bonds. The summed E-state index contributed by atoms with van der Waals surface area (Å²) >= 11 is 0. The third-order valence-corrected chi connectivity index (χ3v) is 5.68. The van der Waals surface area contributed by atoms with Gasteiger partial charge < -0.3 is 14.8 Å². The maximum Gasteiger partial charge on any atom is 0.168 e. The lowest BCUT2D eigenvalue weighted by molar-refractivity contribution is -0.539. The molecule has 2 N–H and O–H groups in total. The Bertz CT molecular complexity index is 1070. The van der Waals surface area contributed by atoms with E-state index in [2.05, 4.69) is 107 Å². The van der Waals surface area contributed by atoms with E-state index in [0.29, 0.717) is 0 Å². The fourth-order valence-electron chi connectivity index (χ4n) is 3.78. The van der Waals surface area contributed by atoms with Crippen LogP contribution in [-0.2, 0) is 5.41 Å². The van der Waals surface area contributed by atoms with Crippen LogP contribution in [-0.4, -0.2) is 21.3 Å². The minimum Gasteiger partial charge on any atom is -0.493 e. The van der Waals surface area contributed by atoms with E-state index in [9.17, 15) is 0 Å². The third-order valence-electron chi connectivity index (χ3n) is 5.68. The molecule has 162 valence electrons. The van der Waals surface area contributed by atoms with Gasteiger partial charge in [-0.1, -0.05) is 57.2 Å². The average Bonchev–Trinajstić information content (AvgIpc) is 2.77. The maximum absolute atomic E-state index is 5.76. The van der Waals surface area contributed by atoms with Crippen molar-refractivity contribution in [2.75, 3.05) is 21.3 Å². The summed E-state index contributed by atoms with van der Waals surface area (Å²) in [6, 6.07) is 21.4. The number of methoxy groups -OCH3 is 2. The van der Waals surface area contributed by atoms with Gasteiger partial charge in [-0.25, -0.2) is 0 Å². The SMILES string of the molecule is C[NH2+]c1ccccc1/C=C(\C)c1cc(OC)c(OC)c(-c2ccc(C(C)(C)C)cc2)c1. The van der Waals surface area contributed by atoms with Gasteiger partial charge in [0.2, 0.25) is 0 Å². The second-order valence-corrected chi connectivity index (χ2v) is 8.83. The summed E-state index contributed by atoms with van der Waals surface area (Å²) < 4.78 is 11.5. The van der Waals surface area contributed by atoms with E-state index in [1.54, 1.807) is 14.2 Å². The highest BCUT2D eigenvalue weighted by Gasteiger charge is 2.17. The summed E-state index contributed by atoms with van der Waals surface area (Å²) in [7, 11) is 5.45. The predicted octanol–water partition coefficient (Wildman–Crippen LogP) is 6.05. The number of benzene rings is 3. The normalized spacial score (nSPS) is 12.0. The Morgan fingerprint density at radius 2 is 1.58 bits per heavy atom. The Labute approximate surface area is 186 Å². The molecule has 0 aliphatic heterocycles. The van der Waals surface area contributed by atoms with Crippen molar-refractivity contribution in [1.82, 2.24) is 0 Å². The van der Waals surface area contributed by atoms with Gasteiger partial charge in [0.15, 0.2) is 11.5 Å². The van der Waals surface area contributed by atoms with Crippen LogP contribution >= 0.6 is 0 Å². The Morgan fingerprint density at radius 3 is 2.16 bits per heavy atom. The zero-order valence-corrected chi connectivity index (χ0v) is 19.7. The number of nitrogens with two attached hydrogens (primary N) is 1. The topological polar surface area (TPSA) is 35.1 Å². The predicted molar refractivity (Wildman–Crippen MR) is 131 cm³/mol. The van der Waals surface area contributed by atoms with Crippen molar-refractivity contribution in [2.45, 2.75) is 33.1 Å². The fourth-order valence-corrected chi connectivity index (χ4v) is 3.78. The zero-order valence-electron chi connectivity index (χ0n) is 19.7. The zero-order chi connectivity index (χ0) is 22.6. The second-order valence-electron chi connectivity index (χ2n) is 8.83. The van der Waals surface area contributed by atoms with Crippen LogP contribution < -0.4 is 14.8 Å². The van der Waals surface area contributed by atoms with Crippen LogP contribution in [0.1, 0.15) is 44.4 Å². The van der Waals surface area contributed by atoms with Crippen molar-refractivity contribution in [1.29, 1.82) is 0 Å². The highest BCUT2D eigenvalue weighted by atomic mass is 16.5. The minimum absolute atomic E-state index is 0.116. The first-order chi connectivity index (χ1) is 14.8. The summed E-state index contributed by atoms with van der Waals surface area (Å²) in [5.41, 5.74) is 8.27. The summed E-state index contributed by atoms with van der Waals surface area (Å²) in [6.07, 6.45) is 2.23. The van der Waals surface area contributed by atoms with Crippen molar-refractivity contribution in [3.8, 4) is 22.6 Å². The van der Waals surface area contributed by atoms with Gasteiger partial charge in [-0.3, -0.25) is 0 Å². The van der Waals surface area contributed by atoms with E-state index in [4.69, 9.17) is 9.47 Å². The molecule has 0 atom stereocenters. The van der Waals surface area contributed by atoms with Crippen LogP contribution in [0.3, 0.4) is 0 Å². The maximum atomic E-state index is 5.76. The summed E-state index contributed by atoms with van der Waals surface area (Å²) in [5.74, 6) is 1.49. The Hall–Kier alpha value is -3.04. The molecule has 3 aromatic rings. The number of para-hydroxylation sites is 1. The van der Waals surface area contributed by atoms with Gasteiger partial charge in [-0.15, -0.1) is 0 Å². The third kappa shape index (κ3) is 5.00. The highest BCUT2D eigenvalue weighted by Crippen LogP contribution is 2.41. The Balaban J connectivity index is 2.12. The van der Waals surface area contributed by atoms with Gasteiger partial charge in [0.05, 0.1) is 21.3 Å². The van der Waals surface area contributed by atoms with Gasteiger partial charge in [0, 0.05) is 11.1 Å². The molecule has 0 spiro atoms. The largest absolute Gasteiger partial charge is 0.493 e. The molecule has 3 aromatic carbocycles. The Kier molecular flexibility index (Phi) is 6.87. The summed E-state index contributed by atoms with van der Waals surface area (Å²) in [5, 5.41) is 2.13. The smallest absolute Gasteiger partial charge is 0.168 e. The first-order valence-electron chi connectivity index (χ1n) is 10.7. The van der Waals surface area contributed by atoms with Crippen LogP contribution in [0.4, 0.5) is 5.69 Å². The van der Waals surface area contributed by atoms with Gasteiger partial charge in [0.25, 0.3) is 0 Å². The first kappa shape index (κ1) is 22.6. The van der Waals surface area contributed by atoms with Gasteiger partial charge in [0.1, 0.15) is 5.69 Å². The van der Waals surface area contributed by atoms with Crippen molar-refractivity contribution in [3.05, 3.63) is 77.4 Å². The fraction of sp³-hybridized carbons (Fsp3) is 0.286. The van der Waals surface area contributed by atoms with E-state index < -0.39 is 0 Å². The quantitative estimate of drug-likeness (QED) is 0.392. The number of quaternary nitrogens is 1. The molecule has 0 heterocycles. The van der Waals surface area contributed by atoms with Crippen LogP contribution in [0.15, 0.2) is 60.7 Å². The summed E-state index contributed by atoms with van der Waals surface area (Å²) in [6.45, 7) is 8.82. The molecule has 0 aliphatic carbocycles. The van der Waals surface area contributed by atoms with Crippen molar-refractivity contribution >= 4 is 17.3 Å². The van der Waals surface area contributed by atoms with E-state index in [-0.39, 0.29) is 5.41 Å². The van der Waals surface area contributed by atoms with E-state index in [1.807, 2.05) is 0 Å².